The van der Waals surface area contributed by atoms with Crippen molar-refractivity contribution in [3.05, 3.63) is 24.0 Å². The summed E-state index contributed by atoms with van der Waals surface area (Å²) in [6.45, 7) is 2.08. The zero-order valence-corrected chi connectivity index (χ0v) is 11.0. The van der Waals surface area contributed by atoms with Gasteiger partial charge in [0.05, 0.1) is 11.9 Å². The largest absolute Gasteiger partial charge is 0.397 e. The normalized spacial score (nSPS) is 17.7. The van der Waals surface area contributed by atoms with Crippen LogP contribution in [0.25, 0.3) is 0 Å². The van der Waals surface area contributed by atoms with Gasteiger partial charge in [-0.05, 0) is 45.1 Å². The van der Waals surface area contributed by atoms with Crippen molar-refractivity contribution in [1.82, 2.24) is 14.8 Å². The van der Waals surface area contributed by atoms with Crippen molar-refractivity contribution in [2.24, 2.45) is 0 Å². The first-order valence-electron chi connectivity index (χ1n) is 6.25. The number of anilines is 1. The van der Waals surface area contributed by atoms with E-state index in [1.165, 1.54) is 6.20 Å². The standard InChI is InChI=1S/C13H20N4O/c1-16-7-5-11(6-8-16)17(2)13(18)12-4-3-10(14)9-15-12/h3-4,9,11H,5-8,14H2,1-2H3. The molecule has 0 spiro atoms. The Labute approximate surface area is 108 Å². The highest BCUT2D eigenvalue weighted by Crippen LogP contribution is 2.16. The van der Waals surface area contributed by atoms with Gasteiger partial charge in [0.25, 0.3) is 5.91 Å². The molecule has 0 unspecified atom stereocenters. The monoisotopic (exact) mass is 248 g/mol. The molecular formula is C13H20N4O. The Morgan fingerprint density at radius 3 is 2.67 bits per heavy atom. The molecule has 18 heavy (non-hydrogen) atoms. The van der Waals surface area contributed by atoms with Gasteiger partial charge in [0.1, 0.15) is 5.69 Å². The predicted molar refractivity (Wildman–Crippen MR) is 71.3 cm³/mol. The van der Waals surface area contributed by atoms with E-state index in [0.717, 1.165) is 25.9 Å². The maximum Gasteiger partial charge on any atom is 0.272 e. The molecule has 0 radical (unpaired) electrons. The van der Waals surface area contributed by atoms with E-state index in [9.17, 15) is 4.79 Å². The van der Waals surface area contributed by atoms with E-state index in [1.54, 1.807) is 12.1 Å². The average molecular weight is 248 g/mol. The lowest BCUT2D eigenvalue weighted by molar-refractivity contribution is 0.0654. The first kappa shape index (κ1) is 12.8. The quantitative estimate of drug-likeness (QED) is 0.842. The zero-order valence-electron chi connectivity index (χ0n) is 11.0. The van der Waals surface area contributed by atoms with Crippen LogP contribution in [0.4, 0.5) is 5.69 Å². The molecule has 2 N–H and O–H groups in total. The van der Waals surface area contributed by atoms with Crippen molar-refractivity contribution in [2.45, 2.75) is 18.9 Å². The number of rotatable bonds is 2. The molecular weight excluding hydrogens is 228 g/mol. The molecule has 1 aliphatic heterocycles. The minimum Gasteiger partial charge on any atom is -0.397 e. The lowest BCUT2D eigenvalue weighted by Gasteiger charge is -2.34. The molecule has 1 saturated heterocycles. The number of carbonyl (C=O) groups is 1. The van der Waals surface area contributed by atoms with Crippen LogP contribution < -0.4 is 5.73 Å². The van der Waals surface area contributed by atoms with Crippen LogP contribution in [0.2, 0.25) is 0 Å². The predicted octanol–water partition coefficient (Wildman–Crippen LogP) is 0.830. The molecule has 1 fully saturated rings. The first-order chi connectivity index (χ1) is 8.58. The van der Waals surface area contributed by atoms with Crippen LogP contribution in [0, 0.1) is 0 Å². The van der Waals surface area contributed by atoms with Crippen LogP contribution in [-0.4, -0.2) is 53.9 Å². The van der Waals surface area contributed by atoms with E-state index in [4.69, 9.17) is 5.73 Å². The van der Waals surface area contributed by atoms with Gasteiger partial charge >= 0.3 is 0 Å². The molecule has 5 heteroatoms. The van der Waals surface area contributed by atoms with E-state index in [0.29, 0.717) is 17.4 Å². The van der Waals surface area contributed by atoms with Gasteiger partial charge in [-0.3, -0.25) is 4.79 Å². The molecule has 1 aromatic rings. The number of nitrogens with two attached hydrogens (primary N) is 1. The van der Waals surface area contributed by atoms with E-state index >= 15 is 0 Å². The zero-order chi connectivity index (χ0) is 13.1. The summed E-state index contributed by atoms with van der Waals surface area (Å²) in [6, 6.07) is 3.71. The van der Waals surface area contributed by atoms with Crippen LogP contribution in [0.5, 0.6) is 0 Å². The maximum absolute atomic E-state index is 12.2. The smallest absolute Gasteiger partial charge is 0.272 e. The van der Waals surface area contributed by atoms with Crippen molar-refractivity contribution in [3.63, 3.8) is 0 Å². The second kappa shape index (κ2) is 5.35. The van der Waals surface area contributed by atoms with Gasteiger partial charge in [0.15, 0.2) is 0 Å². The molecule has 0 aliphatic carbocycles. The summed E-state index contributed by atoms with van der Waals surface area (Å²) in [6.07, 6.45) is 3.57. The van der Waals surface area contributed by atoms with Gasteiger partial charge in [-0.15, -0.1) is 0 Å². The number of hydrogen-bond acceptors (Lipinski definition) is 4. The number of aromatic nitrogens is 1. The van der Waals surface area contributed by atoms with Crippen LogP contribution in [0.3, 0.4) is 0 Å². The molecule has 0 atom stereocenters. The molecule has 0 bridgehead atoms. The number of hydrogen-bond donors (Lipinski definition) is 1. The molecule has 5 nitrogen and oxygen atoms in total. The fraction of sp³-hybridized carbons (Fsp3) is 0.538. The van der Waals surface area contributed by atoms with E-state index in [2.05, 4.69) is 16.9 Å². The van der Waals surface area contributed by atoms with Crippen LogP contribution in [0.1, 0.15) is 23.3 Å². The average Bonchev–Trinajstić information content (AvgIpc) is 2.39. The number of nitrogens with zero attached hydrogens (tertiary/aromatic N) is 3. The third kappa shape index (κ3) is 2.79. The Hall–Kier alpha value is -1.62. The van der Waals surface area contributed by atoms with Gasteiger partial charge in [0.2, 0.25) is 0 Å². The molecule has 2 heterocycles. The molecule has 0 saturated carbocycles. The lowest BCUT2D eigenvalue weighted by Crippen LogP contribution is -2.44. The van der Waals surface area contributed by atoms with Crippen molar-refractivity contribution < 1.29 is 4.79 Å². The van der Waals surface area contributed by atoms with Crippen LogP contribution in [-0.2, 0) is 0 Å². The number of piperidine rings is 1. The summed E-state index contributed by atoms with van der Waals surface area (Å²) >= 11 is 0. The van der Waals surface area contributed by atoms with Gasteiger partial charge < -0.3 is 15.5 Å². The minimum atomic E-state index is -0.0236. The summed E-state index contributed by atoms with van der Waals surface area (Å²) in [5.41, 5.74) is 6.61. The summed E-state index contributed by atoms with van der Waals surface area (Å²) in [4.78, 5) is 20.4. The first-order valence-corrected chi connectivity index (χ1v) is 6.25. The Kier molecular flexibility index (Phi) is 3.81. The minimum absolute atomic E-state index is 0.0236. The van der Waals surface area contributed by atoms with Crippen LogP contribution in [0.15, 0.2) is 18.3 Å². The maximum atomic E-state index is 12.2. The van der Waals surface area contributed by atoms with Crippen LogP contribution >= 0.6 is 0 Å². The molecule has 1 aromatic heterocycles. The number of carbonyl (C=O) groups excluding carboxylic acids is 1. The molecule has 1 amide bonds. The summed E-state index contributed by atoms with van der Waals surface area (Å²) < 4.78 is 0. The third-order valence-electron chi connectivity index (χ3n) is 3.56. The second-order valence-corrected chi connectivity index (χ2v) is 4.93. The Bertz CT molecular complexity index is 410. The fourth-order valence-electron chi connectivity index (χ4n) is 2.26. The van der Waals surface area contributed by atoms with E-state index in [1.807, 2.05) is 11.9 Å². The highest BCUT2D eigenvalue weighted by Gasteiger charge is 2.25. The van der Waals surface area contributed by atoms with E-state index in [-0.39, 0.29) is 5.91 Å². The van der Waals surface area contributed by atoms with Crippen molar-refractivity contribution >= 4 is 11.6 Å². The third-order valence-corrected chi connectivity index (χ3v) is 3.56. The Morgan fingerprint density at radius 2 is 2.11 bits per heavy atom. The second-order valence-electron chi connectivity index (χ2n) is 4.93. The Balaban J connectivity index is 2.02. The Morgan fingerprint density at radius 1 is 1.44 bits per heavy atom. The summed E-state index contributed by atoms with van der Waals surface area (Å²) in [5.74, 6) is -0.0236. The van der Waals surface area contributed by atoms with Crippen molar-refractivity contribution in [3.8, 4) is 0 Å². The molecule has 98 valence electrons. The lowest BCUT2D eigenvalue weighted by atomic mass is 10.0. The van der Waals surface area contributed by atoms with Gasteiger partial charge in [-0.1, -0.05) is 0 Å². The van der Waals surface area contributed by atoms with Gasteiger partial charge in [0, 0.05) is 13.1 Å². The number of likely N-dealkylation sites (tertiary alicyclic amines) is 1. The number of pyridine rings is 1. The van der Waals surface area contributed by atoms with E-state index < -0.39 is 0 Å². The highest BCUT2D eigenvalue weighted by atomic mass is 16.2. The van der Waals surface area contributed by atoms with Gasteiger partial charge in [-0.2, -0.15) is 0 Å². The number of amides is 1. The summed E-state index contributed by atoms with van der Waals surface area (Å²) in [5, 5.41) is 0. The number of nitrogen functional groups attached to an aromatic ring is 1. The van der Waals surface area contributed by atoms with Crippen molar-refractivity contribution in [1.29, 1.82) is 0 Å². The SMILES string of the molecule is CN1CCC(N(C)C(=O)c2ccc(N)cn2)CC1. The summed E-state index contributed by atoms with van der Waals surface area (Å²) in [7, 11) is 3.97. The highest BCUT2D eigenvalue weighted by molar-refractivity contribution is 5.92. The fourth-order valence-corrected chi connectivity index (χ4v) is 2.26. The molecule has 0 aromatic carbocycles. The van der Waals surface area contributed by atoms with Gasteiger partial charge in [-0.25, -0.2) is 4.98 Å². The van der Waals surface area contributed by atoms with Crippen molar-refractivity contribution in [2.75, 3.05) is 32.9 Å². The topological polar surface area (TPSA) is 62.5 Å². The molecule has 1 aliphatic rings. The molecule has 2 rings (SSSR count).